The molecular formula is C11H15N3O3. The molecule has 1 aromatic rings. The van der Waals surface area contributed by atoms with Gasteiger partial charge in [0.1, 0.15) is 6.04 Å². The number of amides is 1. The molecule has 0 aliphatic carbocycles. The van der Waals surface area contributed by atoms with Gasteiger partial charge in [0.2, 0.25) is 5.91 Å². The molecule has 0 spiro atoms. The first kappa shape index (κ1) is 13.0. The number of aromatic nitrogens is 2. The van der Waals surface area contributed by atoms with Crippen LogP contribution in [-0.2, 0) is 9.59 Å². The topological polar surface area (TPSA) is 84.2 Å². The molecule has 0 radical (unpaired) electrons. The third-order valence-corrected chi connectivity index (χ3v) is 2.15. The van der Waals surface area contributed by atoms with Gasteiger partial charge in [-0.25, -0.2) is 4.79 Å². The maximum absolute atomic E-state index is 10.7. The average molecular weight is 237 g/mol. The molecule has 0 fully saturated rings. The third-order valence-electron chi connectivity index (χ3n) is 2.15. The van der Waals surface area contributed by atoms with E-state index >= 15 is 0 Å². The molecule has 6 nitrogen and oxygen atoms in total. The lowest BCUT2D eigenvalue weighted by Gasteiger charge is -2.04. The van der Waals surface area contributed by atoms with Crippen molar-refractivity contribution in [2.24, 2.45) is 0 Å². The highest BCUT2D eigenvalue weighted by Gasteiger charge is 2.13. The maximum atomic E-state index is 10.7. The summed E-state index contributed by atoms with van der Waals surface area (Å²) in [5.41, 5.74) is 0.795. The van der Waals surface area contributed by atoms with Crippen LogP contribution in [0.25, 0.3) is 6.08 Å². The minimum Gasteiger partial charge on any atom is -0.480 e. The number of carbonyl (C=O) groups excluding carboxylic acids is 1. The first-order valence-electron chi connectivity index (χ1n) is 5.18. The standard InChI is InChI=1S/C11H15N3O3/c1-8(11(16)17)14-7-10(6-13-14)4-3-5-12-9(2)15/h3-4,6-8H,5H2,1-2H3,(H,12,15)(H,16,17)/t8-/m0/s1. The summed E-state index contributed by atoms with van der Waals surface area (Å²) in [6.45, 7) is 3.44. The Morgan fingerprint density at radius 2 is 2.35 bits per heavy atom. The van der Waals surface area contributed by atoms with Gasteiger partial charge in [0, 0.05) is 25.2 Å². The second-order valence-electron chi connectivity index (χ2n) is 3.61. The van der Waals surface area contributed by atoms with Crippen molar-refractivity contribution in [1.82, 2.24) is 15.1 Å². The number of nitrogens with zero attached hydrogens (tertiary/aromatic N) is 2. The molecule has 0 bridgehead atoms. The third kappa shape index (κ3) is 4.10. The first-order chi connectivity index (χ1) is 8.00. The van der Waals surface area contributed by atoms with E-state index in [4.69, 9.17) is 5.11 Å². The zero-order valence-corrected chi connectivity index (χ0v) is 9.75. The molecule has 0 aliphatic heterocycles. The Bertz CT molecular complexity index is 437. The predicted molar refractivity (Wildman–Crippen MR) is 62.3 cm³/mol. The fourth-order valence-electron chi connectivity index (χ4n) is 1.16. The molecule has 0 unspecified atom stereocenters. The Labute approximate surface area is 98.9 Å². The molecule has 2 N–H and O–H groups in total. The number of hydrogen-bond acceptors (Lipinski definition) is 3. The fraction of sp³-hybridized carbons (Fsp3) is 0.364. The Balaban J connectivity index is 2.56. The zero-order valence-electron chi connectivity index (χ0n) is 9.75. The van der Waals surface area contributed by atoms with Crippen LogP contribution in [0.5, 0.6) is 0 Å². The van der Waals surface area contributed by atoms with Crippen molar-refractivity contribution in [2.75, 3.05) is 6.54 Å². The Morgan fingerprint density at radius 1 is 1.65 bits per heavy atom. The molecule has 1 amide bonds. The van der Waals surface area contributed by atoms with E-state index in [1.54, 1.807) is 31.5 Å². The van der Waals surface area contributed by atoms with Gasteiger partial charge in [-0.2, -0.15) is 5.10 Å². The van der Waals surface area contributed by atoms with Gasteiger partial charge < -0.3 is 10.4 Å². The van der Waals surface area contributed by atoms with Crippen LogP contribution in [0, 0.1) is 0 Å². The van der Waals surface area contributed by atoms with Crippen LogP contribution in [0.1, 0.15) is 25.5 Å². The minimum atomic E-state index is -0.929. The van der Waals surface area contributed by atoms with Gasteiger partial charge in [-0.15, -0.1) is 0 Å². The second kappa shape index (κ2) is 5.83. The van der Waals surface area contributed by atoms with Crippen LogP contribution in [-0.4, -0.2) is 33.3 Å². The molecule has 1 heterocycles. The Morgan fingerprint density at radius 3 is 2.94 bits per heavy atom. The van der Waals surface area contributed by atoms with E-state index in [2.05, 4.69) is 10.4 Å². The molecule has 1 atom stereocenters. The number of rotatable bonds is 5. The summed E-state index contributed by atoms with van der Waals surface area (Å²) in [4.78, 5) is 21.3. The summed E-state index contributed by atoms with van der Waals surface area (Å²) in [6, 6.07) is -0.688. The van der Waals surface area contributed by atoms with Gasteiger partial charge in [0.15, 0.2) is 0 Å². The highest BCUT2D eigenvalue weighted by Crippen LogP contribution is 2.07. The number of hydrogen-bond donors (Lipinski definition) is 2. The lowest BCUT2D eigenvalue weighted by molar-refractivity contribution is -0.140. The summed E-state index contributed by atoms with van der Waals surface area (Å²) in [6.07, 6.45) is 6.76. The van der Waals surface area contributed by atoms with Crippen molar-refractivity contribution in [3.63, 3.8) is 0 Å². The quantitative estimate of drug-likeness (QED) is 0.788. The molecule has 0 saturated heterocycles. The van der Waals surface area contributed by atoms with Crippen molar-refractivity contribution in [3.05, 3.63) is 24.0 Å². The summed E-state index contributed by atoms with van der Waals surface area (Å²) in [5, 5.41) is 15.4. The summed E-state index contributed by atoms with van der Waals surface area (Å²) in [5.74, 6) is -1.02. The molecular weight excluding hydrogens is 222 g/mol. The van der Waals surface area contributed by atoms with E-state index in [1.807, 2.05) is 0 Å². The van der Waals surface area contributed by atoms with Crippen molar-refractivity contribution < 1.29 is 14.7 Å². The lowest BCUT2D eigenvalue weighted by Crippen LogP contribution is -2.19. The van der Waals surface area contributed by atoms with Gasteiger partial charge in [-0.1, -0.05) is 12.2 Å². The van der Waals surface area contributed by atoms with Crippen LogP contribution in [0.3, 0.4) is 0 Å². The molecule has 1 aromatic heterocycles. The van der Waals surface area contributed by atoms with Crippen molar-refractivity contribution in [1.29, 1.82) is 0 Å². The van der Waals surface area contributed by atoms with Crippen LogP contribution >= 0.6 is 0 Å². The van der Waals surface area contributed by atoms with Gasteiger partial charge in [-0.3, -0.25) is 9.48 Å². The van der Waals surface area contributed by atoms with Gasteiger partial charge in [-0.05, 0) is 6.92 Å². The molecule has 0 saturated carbocycles. The van der Waals surface area contributed by atoms with E-state index in [-0.39, 0.29) is 5.91 Å². The lowest BCUT2D eigenvalue weighted by atomic mass is 10.3. The molecule has 0 aliphatic rings. The molecule has 6 heteroatoms. The second-order valence-corrected chi connectivity index (χ2v) is 3.61. The number of carboxylic acids is 1. The van der Waals surface area contributed by atoms with Crippen molar-refractivity contribution in [3.8, 4) is 0 Å². The molecule has 0 aromatic carbocycles. The predicted octanol–water partition coefficient (Wildman–Crippen LogP) is 0.678. The Kier molecular flexibility index (Phi) is 4.45. The maximum Gasteiger partial charge on any atom is 0.328 e. The van der Waals surface area contributed by atoms with Crippen molar-refractivity contribution >= 4 is 18.0 Å². The van der Waals surface area contributed by atoms with Crippen LogP contribution in [0.4, 0.5) is 0 Å². The molecule has 92 valence electrons. The highest BCUT2D eigenvalue weighted by atomic mass is 16.4. The van der Waals surface area contributed by atoms with Crippen molar-refractivity contribution in [2.45, 2.75) is 19.9 Å². The van der Waals surface area contributed by atoms with E-state index in [0.717, 1.165) is 5.56 Å². The van der Waals surface area contributed by atoms with E-state index in [9.17, 15) is 9.59 Å². The smallest absolute Gasteiger partial charge is 0.328 e. The van der Waals surface area contributed by atoms with Crippen LogP contribution < -0.4 is 5.32 Å². The number of aliphatic carboxylic acids is 1. The van der Waals surface area contributed by atoms with Gasteiger partial charge >= 0.3 is 5.97 Å². The normalized spacial score (nSPS) is 12.6. The average Bonchev–Trinajstić information content (AvgIpc) is 2.71. The SMILES string of the molecule is CC(=O)NCC=Cc1cnn([C@@H](C)C(=O)O)c1. The van der Waals surface area contributed by atoms with E-state index in [1.165, 1.54) is 11.6 Å². The number of nitrogens with one attached hydrogen (secondary N) is 1. The van der Waals surface area contributed by atoms with E-state index < -0.39 is 12.0 Å². The largest absolute Gasteiger partial charge is 0.480 e. The minimum absolute atomic E-state index is 0.0927. The summed E-state index contributed by atoms with van der Waals surface area (Å²) >= 11 is 0. The number of carboxylic acid groups (broad SMARTS) is 1. The van der Waals surface area contributed by atoms with Gasteiger partial charge in [0.05, 0.1) is 6.20 Å². The first-order valence-corrected chi connectivity index (χ1v) is 5.18. The molecule has 1 rings (SSSR count). The monoisotopic (exact) mass is 237 g/mol. The Hall–Kier alpha value is -2.11. The van der Waals surface area contributed by atoms with Crippen LogP contribution in [0.2, 0.25) is 0 Å². The fourth-order valence-corrected chi connectivity index (χ4v) is 1.16. The summed E-state index contributed by atoms with van der Waals surface area (Å²) in [7, 11) is 0. The highest BCUT2D eigenvalue weighted by molar-refractivity contribution is 5.73. The van der Waals surface area contributed by atoms with Crippen LogP contribution in [0.15, 0.2) is 18.5 Å². The molecule has 17 heavy (non-hydrogen) atoms. The zero-order chi connectivity index (χ0) is 12.8. The van der Waals surface area contributed by atoms with Gasteiger partial charge in [0.25, 0.3) is 0 Å². The van der Waals surface area contributed by atoms with E-state index in [0.29, 0.717) is 6.54 Å². The number of carbonyl (C=O) groups is 2. The summed E-state index contributed by atoms with van der Waals surface area (Å²) < 4.78 is 1.38.